The molecular formula is C18H21N5O. The molecule has 0 aliphatic carbocycles. The molecule has 1 aromatic carbocycles. The van der Waals surface area contributed by atoms with E-state index < -0.39 is 0 Å². The van der Waals surface area contributed by atoms with Gasteiger partial charge < -0.3 is 9.84 Å². The van der Waals surface area contributed by atoms with Gasteiger partial charge in [-0.15, -0.1) is 0 Å². The second kappa shape index (κ2) is 6.57. The highest BCUT2D eigenvalue weighted by atomic mass is 16.5. The average molecular weight is 323 g/mol. The fourth-order valence-electron chi connectivity index (χ4n) is 3.06. The first-order valence-corrected chi connectivity index (χ1v) is 8.49. The van der Waals surface area contributed by atoms with Gasteiger partial charge in [0.2, 0.25) is 0 Å². The second-order valence-corrected chi connectivity index (χ2v) is 6.14. The minimum atomic E-state index is 0.384. The van der Waals surface area contributed by atoms with Crippen molar-refractivity contribution < 1.29 is 4.52 Å². The predicted molar refractivity (Wildman–Crippen MR) is 90.3 cm³/mol. The van der Waals surface area contributed by atoms with Gasteiger partial charge in [-0.3, -0.25) is 0 Å². The monoisotopic (exact) mass is 323 g/mol. The summed E-state index contributed by atoms with van der Waals surface area (Å²) in [5, 5.41) is 12.3. The van der Waals surface area contributed by atoms with Crippen LogP contribution in [0.25, 0.3) is 11.3 Å². The molecule has 124 valence electrons. The number of hydrogen-bond acceptors (Lipinski definition) is 5. The van der Waals surface area contributed by atoms with Crippen LogP contribution in [-0.2, 0) is 25.9 Å². The lowest BCUT2D eigenvalue weighted by Crippen LogP contribution is -2.37. The number of nitrogens with zero attached hydrogens (tertiary/aromatic N) is 4. The molecule has 0 fully saturated rings. The molecule has 0 saturated heterocycles. The number of aromatic nitrogens is 4. The van der Waals surface area contributed by atoms with Crippen LogP contribution < -0.4 is 5.32 Å². The predicted octanol–water partition coefficient (Wildman–Crippen LogP) is 2.60. The van der Waals surface area contributed by atoms with E-state index in [1.807, 2.05) is 41.1 Å². The van der Waals surface area contributed by atoms with Crippen molar-refractivity contribution in [2.24, 2.45) is 0 Å². The first kappa shape index (κ1) is 15.1. The summed E-state index contributed by atoms with van der Waals surface area (Å²) in [5.41, 5.74) is 1.95. The summed E-state index contributed by atoms with van der Waals surface area (Å²) in [6, 6.07) is 12.5. The SMILES string of the molecule is CCc1nc2n(n1)C[C@H](NCc1cc(-c3ccccc3)no1)CC2. The third-order valence-electron chi connectivity index (χ3n) is 4.41. The average Bonchev–Trinajstić information content (AvgIpc) is 3.27. The number of aryl methyl sites for hydroxylation is 2. The molecular weight excluding hydrogens is 302 g/mol. The molecule has 1 N–H and O–H groups in total. The summed E-state index contributed by atoms with van der Waals surface area (Å²) in [6.45, 7) is 3.63. The van der Waals surface area contributed by atoms with Crippen LogP contribution in [0.5, 0.6) is 0 Å². The van der Waals surface area contributed by atoms with Crippen molar-refractivity contribution in [3.8, 4) is 11.3 Å². The Morgan fingerprint density at radius 3 is 3.00 bits per heavy atom. The molecule has 0 unspecified atom stereocenters. The van der Waals surface area contributed by atoms with E-state index in [0.717, 1.165) is 54.5 Å². The quantitative estimate of drug-likeness (QED) is 0.781. The smallest absolute Gasteiger partial charge is 0.151 e. The van der Waals surface area contributed by atoms with Crippen LogP contribution >= 0.6 is 0 Å². The van der Waals surface area contributed by atoms with Crippen LogP contribution in [0.2, 0.25) is 0 Å². The molecule has 1 atom stereocenters. The number of benzene rings is 1. The minimum absolute atomic E-state index is 0.384. The van der Waals surface area contributed by atoms with Gasteiger partial charge in [0.25, 0.3) is 0 Å². The zero-order valence-electron chi connectivity index (χ0n) is 13.8. The van der Waals surface area contributed by atoms with E-state index in [9.17, 15) is 0 Å². The Bertz CT molecular complexity index is 808. The Kier molecular flexibility index (Phi) is 4.13. The highest BCUT2D eigenvalue weighted by Crippen LogP contribution is 2.19. The first-order chi connectivity index (χ1) is 11.8. The molecule has 0 bridgehead atoms. The molecule has 1 aliphatic rings. The van der Waals surface area contributed by atoms with Crippen LogP contribution in [-0.4, -0.2) is 26.0 Å². The molecule has 4 rings (SSSR count). The Labute approximate surface area is 140 Å². The molecule has 0 saturated carbocycles. The van der Waals surface area contributed by atoms with Crippen LogP contribution in [0.3, 0.4) is 0 Å². The molecule has 0 spiro atoms. The maximum absolute atomic E-state index is 5.45. The molecule has 0 amide bonds. The fraction of sp³-hybridized carbons (Fsp3) is 0.389. The zero-order valence-corrected chi connectivity index (χ0v) is 13.8. The molecule has 6 heteroatoms. The van der Waals surface area contributed by atoms with Crippen molar-refractivity contribution in [3.63, 3.8) is 0 Å². The summed E-state index contributed by atoms with van der Waals surface area (Å²) in [4.78, 5) is 4.55. The van der Waals surface area contributed by atoms with E-state index in [1.54, 1.807) is 0 Å². The summed E-state index contributed by atoms with van der Waals surface area (Å²) in [7, 11) is 0. The molecule has 3 heterocycles. The maximum Gasteiger partial charge on any atom is 0.151 e. The van der Waals surface area contributed by atoms with Crippen molar-refractivity contribution in [1.82, 2.24) is 25.2 Å². The van der Waals surface area contributed by atoms with E-state index in [0.29, 0.717) is 12.6 Å². The van der Waals surface area contributed by atoms with Crippen LogP contribution in [0, 0.1) is 0 Å². The highest BCUT2D eigenvalue weighted by Gasteiger charge is 2.21. The summed E-state index contributed by atoms with van der Waals surface area (Å²) in [6.07, 6.45) is 2.93. The Morgan fingerprint density at radius 2 is 2.17 bits per heavy atom. The number of fused-ring (bicyclic) bond motifs is 1. The Morgan fingerprint density at radius 1 is 1.29 bits per heavy atom. The molecule has 3 aromatic rings. The lowest BCUT2D eigenvalue weighted by Gasteiger charge is -2.23. The number of rotatable bonds is 5. The zero-order chi connectivity index (χ0) is 16.4. The van der Waals surface area contributed by atoms with Gasteiger partial charge in [0.05, 0.1) is 13.1 Å². The summed E-state index contributed by atoms with van der Waals surface area (Å²) >= 11 is 0. The lowest BCUT2D eigenvalue weighted by molar-refractivity contribution is 0.325. The standard InChI is InChI=1S/C18H21N5O/c1-2-17-20-18-9-8-14(12-23(18)21-17)19-11-15-10-16(22-24-15)13-6-4-3-5-7-13/h3-7,10,14,19H,2,8-9,11-12H2,1H3/t14-/m1/s1. The largest absolute Gasteiger partial charge is 0.359 e. The van der Waals surface area contributed by atoms with Crippen LogP contribution in [0.15, 0.2) is 40.9 Å². The molecule has 6 nitrogen and oxygen atoms in total. The van der Waals surface area contributed by atoms with Gasteiger partial charge in [-0.25, -0.2) is 9.67 Å². The third kappa shape index (κ3) is 3.10. The van der Waals surface area contributed by atoms with Crippen molar-refractivity contribution in [2.45, 2.75) is 45.3 Å². The van der Waals surface area contributed by atoms with Crippen LogP contribution in [0.4, 0.5) is 0 Å². The van der Waals surface area contributed by atoms with E-state index in [-0.39, 0.29) is 0 Å². The number of nitrogens with one attached hydrogen (secondary N) is 1. The van der Waals surface area contributed by atoms with Crippen molar-refractivity contribution >= 4 is 0 Å². The van der Waals surface area contributed by atoms with E-state index in [1.165, 1.54) is 0 Å². The van der Waals surface area contributed by atoms with Gasteiger partial charge >= 0.3 is 0 Å². The highest BCUT2D eigenvalue weighted by molar-refractivity contribution is 5.58. The lowest BCUT2D eigenvalue weighted by atomic mass is 10.1. The van der Waals surface area contributed by atoms with Gasteiger partial charge in [0, 0.05) is 30.5 Å². The minimum Gasteiger partial charge on any atom is -0.359 e. The van der Waals surface area contributed by atoms with E-state index in [4.69, 9.17) is 4.52 Å². The van der Waals surface area contributed by atoms with Crippen LogP contribution in [0.1, 0.15) is 30.8 Å². The van der Waals surface area contributed by atoms with Crippen molar-refractivity contribution in [3.05, 3.63) is 53.8 Å². The van der Waals surface area contributed by atoms with Gasteiger partial charge in [0.1, 0.15) is 11.5 Å². The Hall–Kier alpha value is -2.47. The van der Waals surface area contributed by atoms with Crippen molar-refractivity contribution in [2.75, 3.05) is 0 Å². The molecule has 2 aromatic heterocycles. The Balaban J connectivity index is 1.37. The maximum atomic E-state index is 5.45. The molecule has 0 radical (unpaired) electrons. The summed E-state index contributed by atoms with van der Waals surface area (Å²) < 4.78 is 7.49. The van der Waals surface area contributed by atoms with Gasteiger partial charge in [0.15, 0.2) is 11.6 Å². The van der Waals surface area contributed by atoms with Gasteiger partial charge in [-0.1, -0.05) is 42.4 Å². The molecule has 1 aliphatic heterocycles. The van der Waals surface area contributed by atoms with Gasteiger partial charge in [-0.05, 0) is 6.42 Å². The van der Waals surface area contributed by atoms with E-state index in [2.05, 4.69) is 27.5 Å². The van der Waals surface area contributed by atoms with Crippen molar-refractivity contribution in [1.29, 1.82) is 0 Å². The summed E-state index contributed by atoms with van der Waals surface area (Å²) in [5.74, 6) is 2.90. The molecule has 24 heavy (non-hydrogen) atoms. The third-order valence-corrected chi connectivity index (χ3v) is 4.41. The second-order valence-electron chi connectivity index (χ2n) is 6.14. The normalized spacial score (nSPS) is 17.0. The number of hydrogen-bond donors (Lipinski definition) is 1. The topological polar surface area (TPSA) is 68.8 Å². The first-order valence-electron chi connectivity index (χ1n) is 8.49. The van der Waals surface area contributed by atoms with E-state index >= 15 is 0 Å². The fourth-order valence-corrected chi connectivity index (χ4v) is 3.06. The van der Waals surface area contributed by atoms with Gasteiger partial charge in [-0.2, -0.15) is 5.10 Å².